The maximum absolute atomic E-state index is 13.7. The minimum absolute atomic E-state index is 0.140. The Kier molecular flexibility index (Phi) is 20.9. The molecule has 0 bridgehead atoms. The van der Waals surface area contributed by atoms with Gasteiger partial charge in [0.2, 0.25) is 69.7 Å². The van der Waals surface area contributed by atoms with Crippen molar-refractivity contribution in [3.8, 4) is 11.5 Å². The van der Waals surface area contributed by atoms with E-state index in [0.29, 0.717) is 5.56 Å². The number of aliphatic hydroxyl groups is 2. The van der Waals surface area contributed by atoms with Crippen LogP contribution in [0, 0.1) is 69.0 Å². The normalized spacial score (nSPS) is 13.4. The van der Waals surface area contributed by atoms with E-state index in [4.69, 9.17) is 33.0 Å². The van der Waals surface area contributed by atoms with Crippen LogP contribution >= 0.6 is 23.2 Å². The molecule has 24 heteroatoms. The van der Waals surface area contributed by atoms with Crippen LogP contribution in [0.5, 0.6) is 11.5 Å². The Hall–Kier alpha value is -5.84. The molecule has 5 rings (SSSR count). The molecule has 4 aromatic rings. The molecule has 0 saturated carbocycles. The van der Waals surface area contributed by atoms with Crippen molar-refractivity contribution in [2.45, 2.75) is 27.1 Å². The van der Waals surface area contributed by atoms with Gasteiger partial charge in [-0.1, -0.05) is 60.7 Å². The van der Waals surface area contributed by atoms with Gasteiger partial charge in [0, 0.05) is 0 Å². The molecule has 12 nitrogen and oxygen atoms in total. The Morgan fingerprint density at radius 2 is 1.03 bits per heavy atom. The lowest BCUT2D eigenvalue weighted by atomic mass is 9.92. The van der Waals surface area contributed by atoms with Crippen molar-refractivity contribution < 1.29 is 102 Å². The van der Waals surface area contributed by atoms with Gasteiger partial charge in [0.1, 0.15) is 37.3 Å². The maximum Gasteiger partial charge on any atom is 0.508 e. The van der Waals surface area contributed by atoms with Gasteiger partial charge >= 0.3 is 24.2 Å². The number of halogens is 12. The van der Waals surface area contributed by atoms with E-state index in [9.17, 15) is 68.2 Å². The SMILES string of the molecule is CC(CO)(COC(=O)OCc1ccccc1)C(=O)Oc1c(F)c(F)c(F)c(F)c1F.CC1(C(=O)Oc2c(F)c(F)c(F)c(F)c2F)COC(=O)OC1.ClCCl.OCc1ccccc1. The molecule has 0 amide bonds. The molecule has 1 atom stereocenters. The van der Waals surface area contributed by atoms with E-state index < -0.39 is 131 Å². The van der Waals surface area contributed by atoms with Crippen LogP contribution in [-0.4, -0.2) is 66.2 Å². The lowest BCUT2D eigenvalue weighted by Gasteiger charge is -2.29. The number of alkyl halides is 2. The molecule has 0 aliphatic carbocycles. The molecule has 344 valence electrons. The van der Waals surface area contributed by atoms with Crippen LogP contribution < -0.4 is 9.47 Å². The van der Waals surface area contributed by atoms with E-state index in [1.807, 2.05) is 30.3 Å². The maximum atomic E-state index is 13.7. The highest BCUT2D eigenvalue weighted by Crippen LogP contribution is 2.33. The first-order valence-electron chi connectivity index (χ1n) is 17.1. The van der Waals surface area contributed by atoms with Crippen LogP contribution in [-0.2, 0) is 41.8 Å². The number of hydrogen-bond donors (Lipinski definition) is 2. The second kappa shape index (κ2) is 24.7. The largest absolute Gasteiger partial charge is 0.508 e. The summed E-state index contributed by atoms with van der Waals surface area (Å²) in [7, 11) is 0. The second-order valence-corrected chi connectivity index (χ2v) is 13.5. The van der Waals surface area contributed by atoms with Crippen molar-refractivity contribution in [3.05, 3.63) is 130 Å². The monoisotopic (exact) mass is 952 g/mol. The van der Waals surface area contributed by atoms with Crippen molar-refractivity contribution in [3.63, 3.8) is 0 Å². The average molecular weight is 954 g/mol. The van der Waals surface area contributed by atoms with Gasteiger partial charge in [-0.15, -0.1) is 23.2 Å². The zero-order chi connectivity index (χ0) is 47.7. The summed E-state index contributed by atoms with van der Waals surface area (Å²) in [4.78, 5) is 46.4. The number of carbonyl (C=O) groups is 4. The zero-order valence-electron chi connectivity index (χ0n) is 32.2. The third kappa shape index (κ3) is 14.6. The van der Waals surface area contributed by atoms with Crippen LogP contribution in [0.1, 0.15) is 25.0 Å². The number of carbonyl (C=O) groups excluding carboxylic acids is 4. The molecule has 0 spiro atoms. The van der Waals surface area contributed by atoms with Gasteiger partial charge in [0.25, 0.3) is 0 Å². The number of benzene rings is 4. The number of aliphatic hydroxyl groups excluding tert-OH is 2. The molecule has 0 radical (unpaired) electrons. The van der Waals surface area contributed by atoms with E-state index in [-0.39, 0.29) is 18.6 Å². The summed E-state index contributed by atoms with van der Waals surface area (Å²) in [5.74, 6) is -29.8. The highest BCUT2D eigenvalue weighted by atomic mass is 35.5. The van der Waals surface area contributed by atoms with Crippen LogP contribution in [0.3, 0.4) is 0 Å². The molecule has 63 heavy (non-hydrogen) atoms. The van der Waals surface area contributed by atoms with Crippen molar-refractivity contribution in [2.24, 2.45) is 10.8 Å². The van der Waals surface area contributed by atoms with Crippen LogP contribution in [0.15, 0.2) is 60.7 Å². The minimum atomic E-state index is -2.43. The molecule has 4 aromatic carbocycles. The predicted octanol–water partition coefficient (Wildman–Crippen LogP) is 8.70. The predicted molar refractivity (Wildman–Crippen MR) is 196 cm³/mol. The fraction of sp³-hybridized carbons (Fsp3) is 0.282. The molecule has 2 N–H and O–H groups in total. The number of hydrogen-bond acceptors (Lipinski definition) is 12. The Morgan fingerprint density at radius 1 is 0.651 bits per heavy atom. The summed E-state index contributed by atoms with van der Waals surface area (Å²) in [5, 5.41) is 18.1. The first-order chi connectivity index (χ1) is 29.6. The molecule has 1 aliphatic heterocycles. The van der Waals surface area contributed by atoms with E-state index in [1.54, 1.807) is 30.3 Å². The summed E-state index contributed by atoms with van der Waals surface area (Å²) in [6.45, 7) is -0.885. The summed E-state index contributed by atoms with van der Waals surface area (Å²) >= 11 is 9.53. The van der Waals surface area contributed by atoms with Gasteiger partial charge in [-0.25, -0.2) is 35.9 Å². The van der Waals surface area contributed by atoms with E-state index in [1.165, 1.54) is 0 Å². The lowest BCUT2D eigenvalue weighted by molar-refractivity contribution is -0.156. The molecule has 0 aromatic heterocycles. The lowest BCUT2D eigenvalue weighted by Crippen LogP contribution is -2.45. The van der Waals surface area contributed by atoms with Gasteiger partial charge in [0.05, 0.1) is 18.6 Å². The van der Waals surface area contributed by atoms with Gasteiger partial charge in [0.15, 0.2) is 0 Å². The Bertz CT molecular complexity index is 2140. The summed E-state index contributed by atoms with van der Waals surface area (Å²) in [5.41, 5.74) is -2.15. The molecule has 1 saturated heterocycles. The summed E-state index contributed by atoms with van der Waals surface area (Å²) in [6, 6.07) is 18.0. The topological polar surface area (TPSA) is 164 Å². The van der Waals surface area contributed by atoms with Crippen molar-refractivity contribution in [1.82, 2.24) is 0 Å². The van der Waals surface area contributed by atoms with Gasteiger partial charge in [-0.05, 0) is 25.0 Å². The number of ether oxygens (including phenoxy) is 6. The standard InChI is InChI=1S/C19H15F5O6.C12H7F5O5.C7H8O.CH2Cl2/c1-19(8-25,9-29-18(27)28-7-10-5-3-2-4-6-10)17(26)30-16-14(23)12(21)11(20)13(22)15(16)24;1-12(2-20-11(19)21-3-12)10(18)22-9-7(16)5(14)4(13)6(15)8(9)17;8-6-7-4-2-1-3-5-7;2-1-3/h2-6,25H,7-9H2,1H3;2-3H2,1H3;1-5,8H,6H2;1H2. The van der Waals surface area contributed by atoms with Gasteiger partial charge < -0.3 is 38.6 Å². The smallest absolute Gasteiger partial charge is 0.433 e. The van der Waals surface area contributed by atoms with Gasteiger partial charge in [-0.3, -0.25) is 9.59 Å². The molecular formula is C39H32Cl2F10O12. The average Bonchev–Trinajstić information content (AvgIpc) is 3.29. The van der Waals surface area contributed by atoms with Crippen LogP contribution in [0.4, 0.5) is 53.5 Å². The molecule has 1 unspecified atom stereocenters. The molecule has 1 aliphatic rings. The second-order valence-electron chi connectivity index (χ2n) is 12.7. The minimum Gasteiger partial charge on any atom is -0.433 e. The van der Waals surface area contributed by atoms with Gasteiger partial charge in [-0.2, -0.15) is 17.6 Å². The van der Waals surface area contributed by atoms with E-state index in [2.05, 4.69) is 23.7 Å². The van der Waals surface area contributed by atoms with Crippen LogP contribution in [0.2, 0.25) is 0 Å². The van der Waals surface area contributed by atoms with E-state index >= 15 is 0 Å². The Labute approximate surface area is 359 Å². The fourth-order valence-corrected chi connectivity index (χ4v) is 4.15. The molecule has 1 fully saturated rings. The first-order valence-corrected chi connectivity index (χ1v) is 18.2. The first kappa shape index (κ1) is 53.3. The van der Waals surface area contributed by atoms with Crippen molar-refractivity contribution in [2.75, 3.05) is 31.8 Å². The van der Waals surface area contributed by atoms with Crippen molar-refractivity contribution in [1.29, 1.82) is 0 Å². The Balaban J connectivity index is 0.000000358. The van der Waals surface area contributed by atoms with E-state index in [0.717, 1.165) is 19.4 Å². The number of esters is 2. The third-order valence-corrected chi connectivity index (χ3v) is 7.81. The molecule has 1 heterocycles. The van der Waals surface area contributed by atoms with Crippen molar-refractivity contribution >= 4 is 47.5 Å². The number of rotatable bonds is 10. The summed E-state index contributed by atoms with van der Waals surface area (Å²) < 4.78 is 159. The van der Waals surface area contributed by atoms with Crippen LogP contribution in [0.25, 0.3) is 0 Å². The fourth-order valence-electron chi connectivity index (χ4n) is 4.15. The Morgan fingerprint density at radius 3 is 1.41 bits per heavy atom. The number of cyclic esters (lactones) is 2. The molecular weight excluding hydrogens is 921 g/mol. The summed E-state index contributed by atoms with van der Waals surface area (Å²) in [6.07, 6.45) is -2.30. The highest BCUT2D eigenvalue weighted by molar-refractivity contribution is 6.40. The third-order valence-electron chi connectivity index (χ3n) is 7.81. The highest BCUT2D eigenvalue weighted by Gasteiger charge is 2.44. The zero-order valence-corrected chi connectivity index (χ0v) is 33.7. The quantitative estimate of drug-likeness (QED) is 0.0389.